The number of carbonyl (C=O) groups excluding carboxylic acids is 1. The predicted molar refractivity (Wildman–Crippen MR) is 69.4 cm³/mol. The molecule has 2 unspecified atom stereocenters. The van der Waals surface area contributed by atoms with Crippen molar-refractivity contribution in [3.8, 4) is 0 Å². The normalized spacial score (nSPS) is 20.0. The minimum absolute atomic E-state index is 0.0871. The Morgan fingerprint density at radius 3 is 2.84 bits per heavy atom. The van der Waals surface area contributed by atoms with Gasteiger partial charge in [0.2, 0.25) is 0 Å². The first-order chi connectivity index (χ1) is 9.20. The van der Waals surface area contributed by atoms with Crippen LogP contribution in [0.5, 0.6) is 0 Å². The van der Waals surface area contributed by atoms with Gasteiger partial charge < -0.3 is 14.8 Å². The summed E-state index contributed by atoms with van der Waals surface area (Å²) in [6.45, 7) is 3.31. The van der Waals surface area contributed by atoms with E-state index in [0.29, 0.717) is 25.5 Å². The molecule has 19 heavy (non-hydrogen) atoms. The van der Waals surface area contributed by atoms with E-state index in [4.69, 9.17) is 9.47 Å². The van der Waals surface area contributed by atoms with E-state index < -0.39 is 6.04 Å². The van der Waals surface area contributed by atoms with Crippen molar-refractivity contribution in [2.45, 2.75) is 19.4 Å². The molecule has 1 aromatic carbocycles. The fourth-order valence-corrected chi connectivity index (χ4v) is 2.14. The van der Waals surface area contributed by atoms with Gasteiger partial charge in [0.1, 0.15) is 11.9 Å². The molecule has 0 aromatic heterocycles. The van der Waals surface area contributed by atoms with Gasteiger partial charge in [-0.2, -0.15) is 0 Å². The highest BCUT2D eigenvalue weighted by molar-refractivity contribution is 5.79. The summed E-state index contributed by atoms with van der Waals surface area (Å²) in [5, 5.41) is 3.11. The number of benzene rings is 1. The zero-order valence-corrected chi connectivity index (χ0v) is 10.9. The van der Waals surface area contributed by atoms with Gasteiger partial charge in [-0.15, -0.1) is 0 Å². The molecular weight excluding hydrogens is 249 g/mol. The van der Waals surface area contributed by atoms with Crippen molar-refractivity contribution >= 4 is 11.7 Å². The smallest absolute Gasteiger partial charge is 0.328 e. The minimum atomic E-state index is -0.451. The second kappa shape index (κ2) is 6.52. The Bertz CT molecular complexity index is 415. The van der Waals surface area contributed by atoms with E-state index in [1.54, 1.807) is 19.1 Å². The molecule has 0 bridgehead atoms. The molecule has 1 heterocycles. The van der Waals surface area contributed by atoms with E-state index in [9.17, 15) is 9.18 Å². The van der Waals surface area contributed by atoms with Gasteiger partial charge in [-0.3, -0.25) is 0 Å². The van der Waals surface area contributed by atoms with E-state index in [0.717, 1.165) is 6.42 Å². The Morgan fingerprint density at radius 2 is 2.26 bits per heavy atom. The van der Waals surface area contributed by atoms with Crippen LogP contribution < -0.4 is 5.32 Å². The summed E-state index contributed by atoms with van der Waals surface area (Å²) < 4.78 is 23.3. The summed E-state index contributed by atoms with van der Waals surface area (Å²) in [5.41, 5.74) is 0.700. The lowest BCUT2D eigenvalue weighted by atomic mass is 9.98. The summed E-state index contributed by atoms with van der Waals surface area (Å²) in [6, 6.07) is 5.48. The van der Waals surface area contributed by atoms with Crippen LogP contribution in [-0.4, -0.2) is 31.8 Å². The lowest BCUT2D eigenvalue weighted by Crippen LogP contribution is -2.38. The number of esters is 1. The largest absolute Gasteiger partial charge is 0.464 e. The number of anilines is 1. The zero-order chi connectivity index (χ0) is 13.7. The second-order valence-electron chi connectivity index (χ2n) is 4.50. The van der Waals surface area contributed by atoms with Crippen molar-refractivity contribution < 1.29 is 18.7 Å². The van der Waals surface area contributed by atoms with Crippen LogP contribution in [0.15, 0.2) is 24.3 Å². The van der Waals surface area contributed by atoms with Crippen LogP contribution in [0.4, 0.5) is 10.1 Å². The summed E-state index contributed by atoms with van der Waals surface area (Å²) in [5.74, 6) is -0.506. The molecule has 2 rings (SSSR count). The summed E-state index contributed by atoms with van der Waals surface area (Å²) in [6.07, 6.45) is 0.817. The molecule has 0 amide bonds. The first-order valence-electron chi connectivity index (χ1n) is 6.47. The average Bonchev–Trinajstić information content (AvgIpc) is 2.92. The minimum Gasteiger partial charge on any atom is -0.464 e. The molecule has 0 spiro atoms. The van der Waals surface area contributed by atoms with Crippen molar-refractivity contribution in [3.63, 3.8) is 0 Å². The SMILES string of the molecule is CCOC(=O)C(Nc1ccc(F)cc1)C1CCOC1. The summed E-state index contributed by atoms with van der Waals surface area (Å²) >= 11 is 0. The van der Waals surface area contributed by atoms with Crippen molar-refractivity contribution in [1.82, 2.24) is 0 Å². The lowest BCUT2D eigenvalue weighted by molar-refractivity contribution is -0.145. The first-order valence-corrected chi connectivity index (χ1v) is 6.47. The molecule has 5 heteroatoms. The van der Waals surface area contributed by atoms with Crippen LogP contribution in [0.1, 0.15) is 13.3 Å². The third kappa shape index (κ3) is 3.67. The van der Waals surface area contributed by atoms with E-state index in [2.05, 4.69) is 5.32 Å². The van der Waals surface area contributed by atoms with Crippen LogP contribution in [0.2, 0.25) is 0 Å². The number of carbonyl (C=O) groups is 1. The maximum absolute atomic E-state index is 12.9. The van der Waals surface area contributed by atoms with Gasteiger partial charge in [0.25, 0.3) is 0 Å². The highest BCUT2D eigenvalue weighted by Gasteiger charge is 2.32. The fraction of sp³-hybridized carbons (Fsp3) is 0.500. The zero-order valence-electron chi connectivity index (χ0n) is 10.9. The van der Waals surface area contributed by atoms with Gasteiger partial charge in [-0.05, 0) is 37.6 Å². The number of hydrogen-bond acceptors (Lipinski definition) is 4. The molecule has 0 radical (unpaired) electrons. The maximum atomic E-state index is 12.9. The van der Waals surface area contributed by atoms with Gasteiger partial charge >= 0.3 is 5.97 Å². The van der Waals surface area contributed by atoms with Gasteiger partial charge in [-0.1, -0.05) is 0 Å². The van der Waals surface area contributed by atoms with E-state index in [1.165, 1.54) is 12.1 Å². The molecule has 1 fully saturated rings. The van der Waals surface area contributed by atoms with Crippen LogP contribution in [0.25, 0.3) is 0 Å². The van der Waals surface area contributed by atoms with E-state index in [-0.39, 0.29) is 17.7 Å². The second-order valence-corrected chi connectivity index (χ2v) is 4.50. The highest BCUT2D eigenvalue weighted by Crippen LogP contribution is 2.22. The molecule has 1 aromatic rings. The fourth-order valence-electron chi connectivity index (χ4n) is 2.14. The van der Waals surface area contributed by atoms with Crippen LogP contribution in [0, 0.1) is 11.7 Å². The van der Waals surface area contributed by atoms with Gasteiger partial charge in [0.05, 0.1) is 13.2 Å². The Labute approximate surface area is 111 Å². The standard InChI is InChI=1S/C14H18FNO3/c1-2-19-14(17)13(10-7-8-18-9-10)16-12-5-3-11(15)4-6-12/h3-6,10,13,16H,2,7-9H2,1H3. The third-order valence-electron chi connectivity index (χ3n) is 3.14. The van der Waals surface area contributed by atoms with Gasteiger partial charge in [0.15, 0.2) is 0 Å². The number of hydrogen-bond donors (Lipinski definition) is 1. The molecule has 1 aliphatic heterocycles. The van der Waals surface area contributed by atoms with Gasteiger partial charge in [-0.25, -0.2) is 9.18 Å². The van der Waals surface area contributed by atoms with Crippen molar-refractivity contribution in [2.24, 2.45) is 5.92 Å². The molecule has 4 nitrogen and oxygen atoms in total. The van der Waals surface area contributed by atoms with Crippen molar-refractivity contribution in [1.29, 1.82) is 0 Å². The maximum Gasteiger partial charge on any atom is 0.328 e. The molecule has 1 aliphatic rings. The Hall–Kier alpha value is -1.62. The Kier molecular flexibility index (Phi) is 4.74. The molecule has 1 N–H and O–H groups in total. The van der Waals surface area contributed by atoms with Crippen molar-refractivity contribution in [3.05, 3.63) is 30.1 Å². The number of rotatable bonds is 5. The number of ether oxygens (including phenoxy) is 2. The Morgan fingerprint density at radius 1 is 1.53 bits per heavy atom. The van der Waals surface area contributed by atoms with Crippen LogP contribution >= 0.6 is 0 Å². The average molecular weight is 267 g/mol. The molecule has 0 aliphatic carbocycles. The number of nitrogens with one attached hydrogen (secondary N) is 1. The lowest BCUT2D eigenvalue weighted by Gasteiger charge is -2.22. The third-order valence-corrected chi connectivity index (χ3v) is 3.14. The molecular formula is C14H18FNO3. The molecule has 104 valence electrons. The molecule has 1 saturated heterocycles. The summed E-state index contributed by atoms with van der Waals surface area (Å²) in [7, 11) is 0. The quantitative estimate of drug-likeness (QED) is 0.831. The van der Waals surface area contributed by atoms with Gasteiger partial charge in [0, 0.05) is 18.2 Å². The Balaban J connectivity index is 2.08. The van der Waals surface area contributed by atoms with Crippen molar-refractivity contribution in [2.75, 3.05) is 25.1 Å². The molecule has 0 saturated carbocycles. The topological polar surface area (TPSA) is 47.6 Å². The van der Waals surface area contributed by atoms with E-state index in [1.807, 2.05) is 0 Å². The molecule has 2 atom stereocenters. The number of halogens is 1. The summed E-state index contributed by atoms with van der Waals surface area (Å²) in [4.78, 5) is 12.0. The highest BCUT2D eigenvalue weighted by atomic mass is 19.1. The van der Waals surface area contributed by atoms with E-state index >= 15 is 0 Å². The monoisotopic (exact) mass is 267 g/mol. The van der Waals surface area contributed by atoms with Crippen LogP contribution in [0.3, 0.4) is 0 Å². The predicted octanol–water partition coefficient (Wildman–Crippen LogP) is 2.21. The van der Waals surface area contributed by atoms with Crippen LogP contribution in [-0.2, 0) is 14.3 Å². The first kappa shape index (κ1) is 13.8.